The Bertz CT molecular complexity index is 1960. The molecule has 2 heterocycles. The molecule has 0 aliphatic heterocycles. The van der Waals surface area contributed by atoms with Gasteiger partial charge < -0.3 is 5.11 Å². The number of nitrogens with zero attached hydrogens (tertiary/aromatic N) is 1. The summed E-state index contributed by atoms with van der Waals surface area (Å²) < 4.78 is 1.24. The van der Waals surface area contributed by atoms with Crippen molar-refractivity contribution in [2.45, 2.75) is 113 Å². The van der Waals surface area contributed by atoms with Gasteiger partial charge in [0.1, 0.15) is 0 Å². The van der Waals surface area contributed by atoms with Gasteiger partial charge >= 0.3 is 0 Å². The van der Waals surface area contributed by atoms with Gasteiger partial charge in [-0.3, -0.25) is 9.78 Å². The van der Waals surface area contributed by atoms with Crippen LogP contribution in [-0.2, 0) is 30.3 Å². The predicted molar refractivity (Wildman–Crippen MR) is 222 cm³/mol. The zero-order chi connectivity index (χ0) is 37.0. The molecule has 3 aromatic carbocycles. The molecule has 2 aromatic heterocycles. The number of aryl methyl sites for hydroxylation is 2. The molecule has 1 radical (unpaired) electrons. The van der Waals surface area contributed by atoms with Gasteiger partial charge in [-0.25, -0.2) is 0 Å². The number of rotatable bonds is 10. The van der Waals surface area contributed by atoms with E-state index in [2.05, 4.69) is 115 Å². The van der Waals surface area contributed by atoms with E-state index in [4.69, 9.17) is 4.98 Å². The molecule has 0 saturated carbocycles. The van der Waals surface area contributed by atoms with Crippen molar-refractivity contribution in [2.75, 3.05) is 0 Å². The summed E-state index contributed by atoms with van der Waals surface area (Å²) in [6.45, 7) is 26.7. The molecule has 0 bridgehead atoms. The first-order valence-corrected chi connectivity index (χ1v) is 22.8. The molecule has 275 valence electrons. The molecule has 0 saturated heterocycles. The number of benzene rings is 3. The summed E-state index contributed by atoms with van der Waals surface area (Å²) >= 11 is 1.86. The van der Waals surface area contributed by atoms with Crippen LogP contribution < -0.4 is 5.19 Å². The van der Waals surface area contributed by atoms with E-state index in [0.29, 0.717) is 0 Å². The van der Waals surface area contributed by atoms with Crippen molar-refractivity contribution in [1.82, 2.24) is 4.98 Å². The van der Waals surface area contributed by atoms with Crippen molar-refractivity contribution >= 4 is 51.2 Å². The molecule has 0 spiro atoms. The minimum Gasteiger partial charge on any atom is -0.512 e. The number of hydrogen-bond acceptors (Lipinski definition) is 4. The van der Waals surface area contributed by atoms with Crippen LogP contribution in [0.2, 0.25) is 19.6 Å². The number of carbonyl (C=O) groups is 1. The van der Waals surface area contributed by atoms with Crippen LogP contribution in [0.1, 0.15) is 90.8 Å². The number of ketones is 1. The minimum atomic E-state index is -1.36. The van der Waals surface area contributed by atoms with Crippen LogP contribution in [0.5, 0.6) is 0 Å². The van der Waals surface area contributed by atoms with Crippen LogP contribution in [-0.4, -0.2) is 23.9 Å². The number of pyridine rings is 1. The summed E-state index contributed by atoms with van der Waals surface area (Å²) in [6.07, 6.45) is 6.85. The van der Waals surface area contributed by atoms with Gasteiger partial charge in [0.15, 0.2) is 5.78 Å². The van der Waals surface area contributed by atoms with Gasteiger partial charge in [0.25, 0.3) is 0 Å². The second-order valence-electron chi connectivity index (χ2n) is 15.8. The number of hydrogen-bond donors (Lipinski definition) is 1. The van der Waals surface area contributed by atoms with Crippen molar-refractivity contribution in [1.29, 1.82) is 0 Å². The van der Waals surface area contributed by atoms with Crippen LogP contribution in [0.4, 0.5) is 0 Å². The summed E-state index contributed by atoms with van der Waals surface area (Å²) in [5.74, 6) is 0.547. The molecule has 3 nitrogen and oxygen atoms in total. The Balaban J connectivity index is 0.000000374. The maximum absolute atomic E-state index is 11.7. The fourth-order valence-corrected chi connectivity index (χ4v) is 9.46. The summed E-state index contributed by atoms with van der Waals surface area (Å²) in [7, 11) is -1.36. The van der Waals surface area contributed by atoms with E-state index >= 15 is 0 Å². The van der Waals surface area contributed by atoms with Gasteiger partial charge in [-0.05, 0) is 79.2 Å². The Morgan fingerprint density at radius 2 is 1.49 bits per heavy atom. The first-order chi connectivity index (χ1) is 23.5. The van der Waals surface area contributed by atoms with E-state index < -0.39 is 8.07 Å². The van der Waals surface area contributed by atoms with Crippen molar-refractivity contribution in [3.05, 3.63) is 95.4 Å². The zero-order valence-corrected chi connectivity index (χ0v) is 37.1. The molecule has 0 atom stereocenters. The predicted octanol–water partition coefficient (Wildman–Crippen LogP) is 12.9. The van der Waals surface area contributed by atoms with Crippen LogP contribution in [0.3, 0.4) is 0 Å². The third-order valence-electron chi connectivity index (χ3n) is 10.00. The molecule has 51 heavy (non-hydrogen) atoms. The average molecular weight is 897 g/mol. The molecule has 1 N–H and O–H groups in total. The maximum atomic E-state index is 11.7. The quantitative estimate of drug-likeness (QED) is 0.0658. The van der Waals surface area contributed by atoms with E-state index in [0.717, 1.165) is 42.3 Å². The molecular weight excluding hydrogens is 839 g/mol. The van der Waals surface area contributed by atoms with Crippen LogP contribution >= 0.6 is 11.3 Å². The zero-order valence-electron chi connectivity index (χ0n) is 32.9. The van der Waals surface area contributed by atoms with Gasteiger partial charge in [-0.15, -0.1) is 40.5 Å². The van der Waals surface area contributed by atoms with Crippen molar-refractivity contribution in [3.8, 4) is 21.7 Å². The van der Waals surface area contributed by atoms with E-state index in [9.17, 15) is 9.90 Å². The molecule has 0 aliphatic carbocycles. The smallest absolute Gasteiger partial charge is 0.162 e. The average Bonchev–Trinajstić information content (AvgIpc) is 3.48. The van der Waals surface area contributed by atoms with Crippen molar-refractivity contribution in [3.63, 3.8) is 0 Å². The largest absolute Gasteiger partial charge is 0.512 e. The number of thiophene rings is 1. The molecule has 0 fully saturated rings. The van der Waals surface area contributed by atoms with E-state index in [1.165, 1.54) is 53.9 Å². The van der Waals surface area contributed by atoms with Gasteiger partial charge in [0, 0.05) is 59.5 Å². The third kappa shape index (κ3) is 9.96. The molecule has 5 rings (SSSR count). The second-order valence-corrected chi connectivity index (χ2v) is 21.9. The molecule has 5 aromatic rings. The number of fused-ring (bicyclic) bond motifs is 2. The monoisotopic (exact) mass is 897 g/mol. The van der Waals surface area contributed by atoms with Crippen LogP contribution in [0.15, 0.2) is 72.6 Å². The number of aliphatic hydroxyl groups is 1. The Hall–Kier alpha value is -2.89. The number of carbonyl (C=O) groups excluding carboxylic acids is 1. The Morgan fingerprint density at radius 3 is 2.04 bits per heavy atom. The molecule has 0 unspecified atom stereocenters. The third-order valence-corrected chi connectivity index (χ3v) is 13.2. The van der Waals surface area contributed by atoms with Crippen molar-refractivity contribution < 1.29 is 30.0 Å². The fraction of sp³-hybridized carbons (Fsp3) is 0.422. The number of allylic oxidation sites excluding steroid dienone is 2. The summed E-state index contributed by atoms with van der Waals surface area (Å²) in [4.78, 5) is 17.9. The van der Waals surface area contributed by atoms with Gasteiger partial charge in [0.05, 0.1) is 13.8 Å². The maximum Gasteiger partial charge on any atom is 0.162 e. The molecule has 0 amide bonds. The van der Waals surface area contributed by atoms with Gasteiger partial charge in [-0.1, -0.05) is 115 Å². The summed E-state index contributed by atoms with van der Waals surface area (Å²) in [5, 5.41) is 15.0. The number of aromatic nitrogens is 1. The Morgan fingerprint density at radius 1 is 0.902 bits per heavy atom. The number of aliphatic hydroxyl groups excluding tert-OH is 1. The summed E-state index contributed by atoms with van der Waals surface area (Å²) in [6, 6.07) is 23.9. The van der Waals surface area contributed by atoms with E-state index in [1.807, 2.05) is 45.2 Å². The van der Waals surface area contributed by atoms with E-state index in [-0.39, 0.29) is 48.9 Å². The fourth-order valence-electron chi connectivity index (χ4n) is 6.82. The Kier molecular flexibility index (Phi) is 14.8. The minimum absolute atomic E-state index is 0. The SMILES string of the molecule is CCC(CC)C(=O)/C=C(\O)C(CC)CC.Cc1cc([Si](C)(C)C)cc(C)c1-c1cc2ccnc(-c3[c-]c4ccccc4c(C(C)(C)C)c3)c2s1.[Ir]. The summed E-state index contributed by atoms with van der Waals surface area (Å²) in [5.41, 5.74) is 7.60. The van der Waals surface area contributed by atoms with Gasteiger partial charge in [0.2, 0.25) is 0 Å². The topological polar surface area (TPSA) is 50.2 Å². The van der Waals surface area contributed by atoms with E-state index in [1.54, 1.807) is 0 Å². The first-order valence-electron chi connectivity index (χ1n) is 18.4. The standard InChI is InChI=1S/C32H34NSSi.C13H24O2.Ir/c1-20-15-25(35(6,7)8)16-21(2)29(20)28-19-23-13-14-33-30(31(23)34-28)24-17-22-11-9-10-12-26(22)27(18-24)32(3,4)5;1-5-10(6-2)12(14)9-13(15)11(7-3)8-4;/h9-16,18-19H,1-8H3;9-11,14H,5-8H2,1-4H3;/q-1;;/b;12-9-;. The Labute approximate surface area is 326 Å². The molecule has 6 heteroatoms. The van der Waals surface area contributed by atoms with Gasteiger partial charge in [-0.2, -0.15) is 0 Å². The van der Waals surface area contributed by atoms with Crippen LogP contribution in [0, 0.1) is 31.7 Å². The van der Waals surface area contributed by atoms with Crippen molar-refractivity contribution in [2.24, 2.45) is 11.8 Å². The molecule has 0 aliphatic rings. The second kappa shape index (κ2) is 17.8. The normalized spacial score (nSPS) is 12.3. The first kappa shape index (κ1) is 42.5. The molecular formula is C45H58IrNO2SSi-. The van der Waals surface area contributed by atoms with Crippen LogP contribution in [0.25, 0.3) is 42.6 Å².